The first-order chi connectivity index (χ1) is 14.6. The number of nitrogens with zero attached hydrogens (tertiary/aromatic N) is 4. The highest BCUT2D eigenvalue weighted by atomic mass is 16.2. The van der Waals surface area contributed by atoms with Gasteiger partial charge in [0.05, 0.1) is 17.8 Å². The summed E-state index contributed by atoms with van der Waals surface area (Å²) in [7, 11) is 1.75. The predicted molar refractivity (Wildman–Crippen MR) is 119 cm³/mol. The fourth-order valence-electron chi connectivity index (χ4n) is 3.83. The lowest BCUT2D eigenvalue weighted by atomic mass is 9.97. The van der Waals surface area contributed by atoms with Gasteiger partial charge in [0, 0.05) is 25.7 Å². The molecule has 1 fully saturated rings. The number of benzene rings is 1. The molecule has 31 heavy (non-hydrogen) atoms. The number of aromatic nitrogens is 3. The first-order valence-electron chi connectivity index (χ1n) is 10.4. The molecular formula is C23H27N5O3. The summed E-state index contributed by atoms with van der Waals surface area (Å²) in [6.07, 6.45) is 0.593. The van der Waals surface area contributed by atoms with Gasteiger partial charge >= 0.3 is 11.7 Å². The summed E-state index contributed by atoms with van der Waals surface area (Å²) in [5, 5.41) is 2.53. The Kier molecular flexibility index (Phi) is 5.16. The first-order valence-corrected chi connectivity index (χ1v) is 10.4. The molecule has 0 aliphatic carbocycles. The minimum Gasteiger partial charge on any atom is -0.329 e. The number of urea groups is 1. The summed E-state index contributed by atoms with van der Waals surface area (Å²) in [6.45, 7) is 7.37. The van der Waals surface area contributed by atoms with Crippen molar-refractivity contribution in [1.82, 2.24) is 24.3 Å². The van der Waals surface area contributed by atoms with E-state index in [0.29, 0.717) is 25.2 Å². The van der Waals surface area contributed by atoms with Gasteiger partial charge in [-0.3, -0.25) is 18.8 Å². The van der Waals surface area contributed by atoms with Gasteiger partial charge in [-0.2, -0.15) is 0 Å². The minimum absolute atomic E-state index is 0.0209. The largest absolute Gasteiger partial charge is 0.330 e. The molecule has 0 atom stereocenters. The van der Waals surface area contributed by atoms with Gasteiger partial charge in [0.1, 0.15) is 0 Å². The second kappa shape index (κ2) is 7.68. The van der Waals surface area contributed by atoms with Crippen LogP contribution in [0.15, 0.2) is 41.2 Å². The third-order valence-electron chi connectivity index (χ3n) is 5.42. The number of aryl methyl sites for hydroxylation is 1. The van der Waals surface area contributed by atoms with Crippen LogP contribution in [-0.4, -0.2) is 44.0 Å². The minimum atomic E-state index is -0.330. The van der Waals surface area contributed by atoms with Crippen LogP contribution in [0.2, 0.25) is 0 Å². The summed E-state index contributed by atoms with van der Waals surface area (Å²) in [6, 6.07) is 11.5. The zero-order chi connectivity index (χ0) is 22.3. The fourth-order valence-corrected chi connectivity index (χ4v) is 3.83. The van der Waals surface area contributed by atoms with Crippen LogP contribution >= 0.6 is 0 Å². The number of nitrogens with one attached hydrogen (secondary N) is 1. The molecule has 1 saturated heterocycles. The molecule has 2 aromatic heterocycles. The predicted octanol–water partition coefficient (Wildman–Crippen LogP) is 2.54. The Hall–Kier alpha value is -3.42. The first kappa shape index (κ1) is 20.8. The maximum atomic E-state index is 12.7. The molecule has 1 aliphatic heterocycles. The van der Waals surface area contributed by atoms with E-state index >= 15 is 0 Å². The van der Waals surface area contributed by atoms with Crippen LogP contribution in [0.3, 0.4) is 0 Å². The van der Waals surface area contributed by atoms with Gasteiger partial charge in [-0.1, -0.05) is 45.0 Å². The monoisotopic (exact) mass is 421 g/mol. The van der Waals surface area contributed by atoms with E-state index in [1.807, 2.05) is 36.4 Å². The van der Waals surface area contributed by atoms with Crippen LogP contribution in [0.5, 0.6) is 0 Å². The standard InChI is InChI=1S/C23H27N5O3/c1-23(2,3)14-28-18-10-9-17(25-20(18)26(4)22(28)31)16-7-5-15(6-8-16)11-12-27-19(29)13-24-21(27)30/h5-10H,11-14H2,1-4H3,(H,24,30). The SMILES string of the molecule is Cn1c(=O)n(CC(C)(C)C)c2ccc(-c3ccc(CCN4C(=O)CNC4=O)cc3)nc21. The van der Waals surface area contributed by atoms with Crippen molar-refractivity contribution in [3.05, 3.63) is 52.4 Å². The Morgan fingerprint density at radius 3 is 2.35 bits per heavy atom. The van der Waals surface area contributed by atoms with Crippen LogP contribution in [0.4, 0.5) is 4.79 Å². The molecule has 162 valence electrons. The van der Waals surface area contributed by atoms with Crippen LogP contribution in [0.25, 0.3) is 22.4 Å². The van der Waals surface area contributed by atoms with Gasteiger partial charge in [-0.05, 0) is 29.5 Å². The molecule has 3 aromatic rings. The van der Waals surface area contributed by atoms with E-state index in [0.717, 1.165) is 22.3 Å². The highest BCUT2D eigenvalue weighted by Crippen LogP contribution is 2.23. The van der Waals surface area contributed by atoms with Crippen molar-refractivity contribution in [1.29, 1.82) is 0 Å². The molecule has 1 aromatic carbocycles. The molecule has 0 bridgehead atoms. The van der Waals surface area contributed by atoms with Crippen molar-refractivity contribution < 1.29 is 9.59 Å². The lowest BCUT2D eigenvalue weighted by Gasteiger charge is -2.18. The number of imide groups is 1. The second-order valence-electron chi connectivity index (χ2n) is 9.18. The normalized spacial score (nSPS) is 14.5. The van der Waals surface area contributed by atoms with E-state index in [9.17, 15) is 14.4 Å². The molecule has 0 unspecified atom stereocenters. The maximum absolute atomic E-state index is 12.7. The zero-order valence-corrected chi connectivity index (χ0v) is 18.3. The van der Waals surface area contributed by atoms with Crippen LogP contribution in [-0.2, 0) is 24.8 Å². The number of fused-ring (bicyclic) bond motifs is 1. The molecule has 3 amide bonds. The molecule has 0 saturated carbocycles. The van der Waals surface area contributed by atoms with E-state index in [1.165, 1.54) is 4.90 Å². The van der Waals surface area contributed by atoms with Gasteiger partial charge in [0.25, 0.3) is 0 Å². The number of carbonyl (C=O) groups is 2. The molecule has 8 nitrogen and oxygen atoms in total. The highest BCUT2D eigenvalue weighted by molar-refractivity contribution is 6.01. The number of pyridine rings is 1. The number of carbonyl (C=O) groups excluding carboxylic acids is 2. The molecule has 1 N–H and O–H groups in total. The van der Waals surface area contributed by atoms with E-state index in [-0.39, 0.29) is 29.6 Å². The van der Waals surface area contributed by atoms with Gasteiger partial charge < -0.3 is 5.32 Å². The lowest BCUT2D eigenvalue weighted by molar-refractivity contribution is -0.124. The van der Waals surface area contributed by atoms with E-state index < -0.39 is 0 Å². The van der Waals surface area contributed by atoms with Crippen molar-refractivity contribution in [2.75, 3.05) is 13.1 Å². The third-order valence-corrected chi connectivity index (χ3v) is 5.42. The number of hydrogen-bond donors (Lipinski definition) is 1. The van der Waals surface area contributed by atoms with E-state index in [2.05, 4.69) is 26.1 Å². The van der Waals surface area contributed by atoms with Crippen LogP contribution < -0.4 is 11.0 Å². The van der Waals surface area contributed by atoms with Crippen molar-refractivity contribution >= 4 is 23.1 Å². The molecular weight excluding hydrogens is 394 g/mol. The van der Waals surface area contributed by atoms with Gasteiger partial charge in [0.2, 0.25) is 5.91 Å². The average Bonchev–Trinajstić information content (AvgIpc) is 3.17. The van der Waals surface area contributed by atoms with Gasteiger partial charge in [-0.25, -0.2) is 14.6 Å². The van der Waals surface area contributed by atoms with Crippen molar-refractivity contribution in [2.24, 2.45) is 12.5 Å². The van der Waals surface area contributed by atoms with Gasteiger partial charge in [0.15, 0.2) is 5.65 Å². The number of hydrogen-bond acceptors (Lipinski definition) is 4. The molecule has 3 heterocycles. The average molecular weight is 422 g/mol. The second-order valence-corrected chi connectivity index (χ2v) is 9.18. The Bertz CT molecular complexity index is 1200. The highest BCUT2D eigenvalue weighted by Gasteiger charge is 2.27. The van der Waals surface area contributed by atoms with Crippen LogP contribution in [0, 0.1) is 5.41 Å². The maximum Gasteiger partial charge on any atom is 0.330 e. The van der Waals surface area contributed by atoms with Crippen molar-refractivity contribution in [2.45, 2.75) is 33.7 Å². The topological polar surface area (TPSA) is 89.2 Å². The van der Waals surface area contributed by atoms with E-state index in [4.69, 9.17) is 4.98 Å². The van der Waals surface area contributed by atoms with Gasteiger partial charge in [-0.15, -0.1) is 0 Å². The Balaban J connectivity index is 1.56. The molecule has 4 rings (SSSR count). The van der Waals surface area contributed by atoms with Crippen molar-refractivity contribution in [3.63, 3.8) is 0 Å². The quantitative estimate of drug-likeness (QED) is 0.641. The Labute approximate surface area is 180 Å². The number of amides is 3. The summed E-state index contributed by atoms with van der Waals surface area (Å²) < 4.78 is 3.38. The molecule has 0 radical (unpaired) electrons. The Morgan fingerprint density at radius 2 is 1.74 bits per heavy atom. The molecule has 0 spiro atoms. The fraction of sp³-hybridized carbons (Fsp3) is 0.391. The number of imidazole rings is 1. The van der Waals surface area contributed by atoms with Crippen LogP contribution in [0.1, 0.15) is 26.3 Å². The van der Waals surface area contributed by atoms with E-state index in [1.54, 1.807) is 16.2 Å². The van der Waals surface area contributed by atoms with Crippen molar-refractivity contribution in [3.8, 4) is 11.3 Å². The smallest absolute Gasteiger partial charge is 0.329 e. The zero-order valence-electron chi connectivity index (χ0n) is 18.3. The summed E-state index contributed by atoms with van der Waals surface area (Å²) in [5.74, 6) is -0.192. The Morgan fingerprint density at radius 1 is 1.03 bits per heavy atom. The summed E-state index contributed by atoms with van der Waals surface area (Å²) in [5.41, 5.74) is 4.16. The molecule has 1 aliphatic rings. The molecule has 8 heteroatoms. The summed E-state index contributed by atoms with van der Waals surface area (Å²) in [4.78, 5) is 42.0. The lowest BCUT2D eigenvalue weighted by Crippen LogP contribution is -2.32. The number of rotatable bonds is 5. The third kappa shape index (κ3) is 4.10. The summed E-state index contributed by atoms with van der Waals surface area (Å²) >= 11 is 0.